The summed E-state index contributed by atoms with van der Waals surface area (Å²) in [5.74, 6) is -0.160. The third kappa shape index (κ3) is 5.23. The maximum atomic E-state index is 12.6. The van der Waals surface area contributed by atoms with Gasteiger partial charge in [-0.1, -0.05) is 23.7 Å². The van der Waals surface area contributed by atoms with E-state index in [0.717, 1.165) is 37.2 Å². The van der Waals surface area contributed by atoms with Crippen LogP contribution in [-0.2, 0) is 4.79 Å². The second kappa shape index (κ2) is 8.91. The van der Waals surface area contributed by atoms with E-state index in [1.807, 2.05) is 24.0 Å². The molecule has 5 nitrogen and oxygen atoms in total. The van der Waals surface area contributed by atoms with Gasteiger partial charge in [0.05, 0.1) is 6.54 Å². The SMILES string of the molecule is Cc1ccc(NCC(=O)Nc2cccc(C(=O)N3CCCCC3)c2)cc1Cl. The van der Waals surface area contributed by atoms with Gasteiger partial charge in [0, 0.05) is 35.1 Å². The third-order valence-corrected chi connectivity index (χ3v) is 5.07. The van der Waals surface area contributed by atoms with Crippen LogP contribution < -0.4 is 10.6 Å². The van der Waals surface area contributed by atoms with E-state index in [4.69, 9.17) is 11.6 Å². The topological polar surface area (TPSA) is 61.4 Å². The summed E-state index contributed by atoms with van der Waals surface area (Å²) in [7, 11) is 0. The molecule has 2 amide bonds. The number of halogens is 1. The Balaban J connectivity index is 1.57. The highest BCUT2D eigenvalue weighted by Crippen LogP contribution is 2.20. The maximum absolute atomic E-state index is 12.6. The van der Waals surface area contributed by atoms with Gasteiger partial charge in [0.25, 0.3) is 5.91 Å². The zero-order chi connectivity index (χ0) is 19.2. The number of anilines is 2. The first-order valence-electron chi connectivity index (χ1n) is 9.22. The molecule has 3 rings (SSSR count). The van der Waals surface area contributed by atoms with E-state index in [0.29, 0.717) is 16.3 Å². The summed E-state index contributed by atoms with van der Waals surface area (Å²) >= 11 is 6.09. The number of rotatable bonds is 5. The molecular weight excluding hydrogens is 362 g/mol. The van der Waals surface area contributed by atoms with Crippen molar-refractivity contribution in [3.05, 3.63) is 58.6 Å². The lowest BCUT2D eigenvalue weighted by molar-refractivity contribution is -0.114. The lowest BCUT2D eigenvalue weighted by Gasteiger charge is -2.26. The zero-order valence-corrected chi connectivity index (χ0v) is 16.2. The maximum Gasteiger partial charge on any atom is 0.253 e. The zero-order valence-electron chi connectivity index (χ0n) is 15.4. The molecule has 1 heterocycles. The van der Waals surface area contributed by atoms with Gasteiger partial charge in [-0.05, 0) is 62.1 Å². The number of nitrogens with one attached hydrogen (secondary N) is 2. The largest absolute Gasteiger partial charge is 0.376 e. The molecule has 2 N–H and O–H groups in total. The number of benzene rings is 2. The number of nitrogens with zero attached hydrogens (tertiary/aromatic N) is 1. The first-order chi connectivity index (χ1) is 13.0. The summed E-state index contributed by atoms with van der Waals surface area (Å²) < 4.78 is 0. The molecule has 2 aromatic carbocycles. The molecule has 0 aromatic heterocycles. The molecule has 0 bridgehead atoms. The minimum absolute atomic E-state index is 0.0261. The van der Waals surface area contributed by atoms with Crippen LogP contribution in [0.2, 0.25) is 5.02 Å². The summed E-state index contributed by atoms with van der Waals surface area (Å²) in [6, 6.07) is 12.7. The lowest BCUT2D eigenvalue weighted by atomic mass is 10.1. The van der Waals surface area contributed by atoms with Crippen molar-refractivity contribution in [1.29, 1.82) is 0 Å². The molecule has 1 saturated heterocycles. The predicted octanol–water partition coefficient (Wildman–Crippen LogP) is 4.33. The molecule has 1 fully saturated rings. The van der Waals surface area contributed by atoms with Gasteiger partial charge >= 0.3 is 0 Å². The summed E-state index contributed by atoms with van der Waals surface area (Å²) in [5.41, 5.74) is 3.00. The van der Waals surface area contributed by atoms with Crippen LogP contribution in [0.15, 0.2) is 42.5 Å². The van der Waals surface area contributed by atoms with Crippen LogP contribution in [0.1, 0.15) is 35.2 Å². The predicted molar refractivity (Wildman–Crippen MR) is 110 cm³/mol. The highest BCUT2D eigenvalue weighted by atomic mass is 35.5. The highest BCUT2D eigenvalue weighted by molar-refractivity contribution is 6.31. The van der Waals surface area contributed by atoms with Crippen LogP contribution >= 0.6 is 11.6 Å². The fourth-order valence-corrected chi connectivity index (χ4v) is 3.28. The Labute approximate surface area is 164 Å². The Bertz CT molecular complexity index is 832. The van der Waals surface area contributed by atoms with Crippen LogP contribution in [-0.4, -0.2) is 36.3 Å². The van der Waals surface area contributed by atoms with Crippen molar-refractivity contribution in [3.8, 4) is 0 Å². The van der Waals surface area contributed by atoms with Crippen LogP contribution in [0.25, 0.3) is 0 Å². The smallest absolute Gasteiger partial charge is 0.253 e. The number of likely N-dealkylation sites (tertiary alicyclic amines) is 1. The van der Waals surface area contributed by atoms with Crippen molar-refractivity contribution in [1.82, 2.24) is 4.90 Å². The molecule has 1 aliphatic heterocycles. The fraction of sp³-hybridized carbons (Fsp3) is 0.333. The van der Waals surface area contributed by atoms with Gasteiger partial charge in [-0.25, -0.2) is 0 Å². The fourth-order valence-electron chi connectivity index (χ4n) is 3.10. The van der Waals surface area contributed by atoms with Crippen LogP contribution in [0.4, 0.5) is 11.4 Å². The van der Waals surface area contributed by atoms with Crippen LogP contribution in [0, 0.1) is 6.92 Å². The Hall–Kier alpha value is -2.53. The Morgan fingerprint density at radius 3 is 2.56 bits per heavy atom. The van der Waals surface area contributed by atoms with Gasteiger partial charge in [-0.15, -0.1) is 0 Å². The number of hydrogen-bond acceptors (Lipinski definition) is 3. The number of piperidine rings is 1. The van der Waals surface area contributed by atoms with Gasteiger partial charge in [0.1, 0.15) is 0 Å². The van der Waals surface area contributed by atoms with E-state index < -0.39 is 0 Å². The number of carbonyl (C=O) groups is 2. The molecule has 6 heteroatoms. The van der Waals surface area contributed by atoms with Gasteiger partial charge in [0.2, 0.25) is 5.91 Å². The number of amides is 2. The highest BCUT2D eigenvalue weighted by Gasteiger charge is 2.18. The average Bonchev–Trinajstić information content (AvgIpc) is 2.69. The molecule has 0 radical (unpaired) electrons. The summed E-state index contributed by atoms with van der Waals surface area (Å²) in [5, 5.41) is 6.54. The van der Waals surface area contributed by atoms with Crippen molar-refractivity contribution < 1.29 is 9.59 Å². The second-order valence-corrected chi connectivity index (χ2v) is 7.21. The molecule has 0 unspecified atom stereocenters. The molecular formula is C21H24ClN3O2. The number of carbonyl (C=O) groups excluding carboxylic acids is 2. The molecule has 0 spiro atoms. The van der Waals surface area contributed by atoms with Gasteiger partial charge in [-0.2, -0.15) is 0 Å². The van der Waals surface area contributed by atoms with E-state index in [1.54, 1.807) is 30.3 Å². The standard InChI is InChI=1S/C21H24ClN3O2/c1-15-8-9-17(13-19(15)22)23-14-20(26)24-18-7-5-6-16(12-18)21(27)25-10-3-2-4-11-25/h5-9,12-13,23H,2-4,10-11,14H2,1H3,(H,24,26). The first-order valence-corrected chi connectivity index (χ1v) is 9.60. The summed E-state index contributed by atoms with van der Waals surface area (Å²) in [6.45, 7) is 3.65. The van der Waals surface area contributed by atoms with Gasteiger partial charge in [0.15, 0.2) is 0 Å². The molecule has 27 heavy (non-hydrogen) atoms. The molecule has 0 saturated carbocycles. The Morgan fingerprint density at radius 1 is 1.04 bits per heavy atom. The summed E-state index contributed by atoms with van der Waals surface area (Å²) in [6.07, 6.45) is 3.28. The van der Waals surface area contributed by atoms with Crippen molar-refractivity contribution >= 4 is 34.8 Å². The Kier molecular flexibility index (Phi) is 6.35. The molecule has 2 aromatic rings. The van der Waals surface area contributed by atoms with E-state index in [9.17, 15) is 9.59 Å². The quantitative estimate of drug-likeness (QED) is 0.805. The Morgan fingerprint density at radius 2 is 1.81 bits per heavy atom. The van der Waals surface area contributed by atoms with Crippen molar-refractivity contribution in [2.24, 2.45) is 0 Å². The molecule has 1 aliphatic rings. The molecule has 142 valence electrons. The minimum atomic E-state index is -0.186. The molecule has 0 atom stereocenters. The van der Waals surface area contributed by atoms with Crippen LogP contribution in [0.5, 0.6) is 0 Å². The number of aryl methyl sites for hydroxylation is 1. The van der Waals surface area contributed by atoms with E-state index in [1.165, 1.54) is 6.42 Å². The first kappa shape index (κ1) is 19.2. The second-order valence-electron chi connectivity index (χ2n) is 6.80. The van der Waals surface area contributed by atoms with Crippen LogP contribution in [0.3, 0.4) is 0 Å². The minimum Gasteiger partial charge on any atom is -0.376 e. The average molecular weight is 386 g/mol. The third-order valence-electron chi connectivity index (χ3n) is 4.66. The van der Waals surface area contributed by atoms with Crippen molar-refractivity contribution in [2.75, 3.05) is 30.3 Å². The van der Waals surface area contributed by atoms with E-state index in [2.05, 4.69) is 10.6 Å². The normalized spacial score (nSPS) is 13.9. The number of hydrogen-bond donors (Lipinski definition) is 2. The lowest BCUT2D eigenvalue weighted by Crippen LogP contribution is -2.35. The van der Waals surface area contributed by atoms with Crippen molar-refractivity contribution in [3.63, 3.8) is 0 Å². The monoisotopic (exact) mass is 385 g/mol. The molecule has 0 aliphatic carbocycles. The van der Waals surface area contributed by atoms with E-state index >= 15 is 0 Å². The van der Waals surface area contributed by atoms with Gasteiger partial charge in [-0.3, -0.25) is 9.59 Å². The van der Waals surface area contributed by atoms with Gasteiger partial charge < -0.3 is 15.5 Å². The van der Waals surface area contributed by atoms with Crippen molar-refractivity contribution in [2.45, 2.75) is 26.2 Å². The van der Waals surface area contributed by atoms with E-state index in [-0.39, 0.29) is 18.4 Å². The summed E-state index contributed by atoms with van der Waals surface area (Å²) in [4.78, 5) is 26.7.